The summed E-state index contributed by atoms with van der Waals surface area (Å²) >= 11 is 0. The van der Waals surface area contributed by atoms with Gasteiger partial charge in [0.2, 0.25) is 0 Å². The number of carbonyl (C=O) groups excluding carboxylic acids is 1. The average molecular weight is 245 g/mol. The van der Waals surface area contributed by atoms with Crippen LogP contribution in [0.5, 0.6) is 0 Å². The molecule has 0 unspecified atom stereocenters. The first kappa shape index (κ1) is 14.4. The van der Waals surface area contributed by atoms with Gasteiger partial charge in [0.15, 0.2) is 0 Å². The van der Waals surface area contributed by atoms with Gasteiger partial charge in [-0.3, -0.25) is 4.79 Å². The summed E-state index contributed by atoms with van der Waals surface area (Å²) in [6.45, 7) is 2.97. The van der Waals surface area contributed by atoms with E-state index in [2.05, 4.69) is 5.32 Å². The first-order chi connectivity index (χ1) is 8.33. The highest BCUT2D eigenvalue weighted by Gasteiger charge is 2.20. The van der Waals surface area contributed by atoms with Crippen molar-refractivity contribution >= 4 is 5.97 Å². The van der Waals surface area contributed by atoms with Crippen LogP contribution in [-0.2, 0) is 19.0 Å². The zero-order valence-electron chi connectivity index (χ0n) is 10.6. The van der Waals surface area contributed by atoms with Gasteiger partial charge in [-0.15, -0.1) is 0 Å². The fourth-order valence-electron chi connectivity index (χ4n) is 1.33. The van der Waals surface area contributed by atoms with Gasteiger partial charge in [-0.25, -0.2) is 0 Å². The molecule has 1 aliphatic carbocycles. The Hall–Kier alpha value is -0.650. The van der Waals surface area contributed by atoms with Gasteiger partial charge in [-0.05, 0) is 12.8 Å². The molecule has 0 bridgehead atoms. The van der Waals surface area contributed by atoms with E-state index >= 15 is 0 Å². The Morgan fingerprint density at radius 2 is 2.06 bits per heavy atom. The van der Waals surface area contributed by atoms with E-state index in [9.17, 15) is 4.79 Å². The fraction of sp³-hybridized carbons (Fsp3) is 0.917. The van der Waals surface area contributed by atoms with Gasteiger partial charge in [-0.1, -0.05) is 0 Å². The molecule has 1 rings (SSSR count). The summed E-state index contributed by atoms with van der Waals surface area (Å²) in [4.78, 5) is 11.3. The van der Waals surface area contributed by atoms with Crippen LogP contribution in [0, 0.1) is 0 Å². The Labute approximate surface area is 103 Å². The molecule has 0 spiro atoms. The topological polar surface area (TPSA) is 56.8 Å². The smallest absolute Gasteiger partial charge is 0.307 e. The second kappa shape index (κ2) is 9.39. The van der Waals surface area contributed by atoms with Gasteiger partial charge in [0, 0.05) is 32.7 Å². The van der Waals surface area contributed by atoms with Crippen molar-refractivity contribution in [1.82, 2.24) is 5.32 Å². The third-order valence-electron chi connectivity index (χ3n) is 2.47. The number of nitrogens with one attached hydrogen (secondary N) is 1. The van der Waals surface area contributed by atoms with E-state index in [0.717, 1.165) is 13.0 Å². The van der Waals surface area contributed by atoms with E-state index in [0.29, 0.717) is 38.9 Å². The van der Waals surface area contributed by atoms with Crippen LogP contribution in [0.2, 0.25) is 0 Å². The summed E-state index contributed by atoms with van der Waals surface area (Å²) in [6.07, 6.45) is 3.69. The molecule has 0 aromatic heterocycles. The summed E-state index contributed by atoms with van der Waals surface area (Å²) in [5.41, 5.74) is 0. The maximum Gasteiger partial charge on any atom is 0.307 e. The van der Waals surface area contributed by atoms with Crippen LogP contribution in [0.3, 0.4) is 0 Å². The molecule has 0 aromatic carbocycles. The Bertz CT molecular complexity index is 207. The summed E-state index contributed by atoms with van der Waals surface area (Å²) in [5, 5.41) is 3.27. The standard InChI is InChI=1S/C12H23NO4/c1-15-9-10-16-7-2-8-17-12(14)5-6-13-11-3-4-11/h11,13H,2-10H2,1H3. The van der Waals surface area contributed by atoms with Gasteiger partial charge < -0.3 is 19.5 Å². The molecule has 1 N–H and O–H groups in total. The minimum Gasteiger partial charge on any atom is -0.466 e. The second-order valence-corrected chi connectivity index (χ2v) is 4.16. The van der Waals surface area contributed by atoms with E-state index in [1.54, 1.807) is 7.11 Å². The molecule has 1 fully saturated rings. The highest BCUT2D eigenvalue weighted by Crippen LogP contribution is 2.18. The van der Waals surface area contributed by atoms with Crippen molar-refractivity contribution < 1.29 is 19.0 Å². The highest BCUT2D eigenvalue weighted by molar-refractivity contribution is 5.69. The molecule has 1 saturated carbocycles. The predicted octanol–water partition coefficient (Wildman–Crippen LogP) is 0.725. The molecule has 0 aromatic rings. The molecule has 100 valence electrons. The van der Waals surface area contributed by atoms with E-state index < -0.39 is 0 Å². The Morgan fingerprint density at radius 1 is 1.24 bits per heavy atom. The minimum absolute atomic E-state index is 0.130. The average Bonchev–Trinajstić information content (AvgIpc) is 3.12. The Kier molecular flexibility index (Phi) is 7.96. The quantitative estimate of drug-likeness (QED) is 0.429. The first-order valence-electron chi connectivity index (χ1n) is 6.28. The number of ether oxygens (including phenoxy) is 3. The lowest BCUT2D eigenvalue weighted by Gasteiger charge is -2.06. The minimum atomic E-state index is -0.130. The van der Waals surface area contributed by atoms with Crippen LogP contribution in [-0.4, -0.2) is 52.1 Å². The van der Waals surface area contributed by atoms with E-state index in [1.165, 1.54) is 12.8 Å². The van der Waals surface area contributed by atoms with Crippen molar-refractivity contribution in [1.29, 1.82) is 0 Å². The largest absolute Gasteiger partial charge is 0.466 e. The monoisotopic (exact) mass is 245 g/mol. The summed E-state index contributed by atoms with van der Waals surface area (Å²) in [6, 6.07) is 0.650. The molecule has 0 heterocycles. The maximum atomic E-state index is 11.3. The van der Waals surface area contributed by atoms with Crippen LogP contribution in [0.1, 0.15) is 25.7 Å². The molecule has 0 amide bonds. The number of methoxy groups -OCH3 is 1. The van der Waals surface area contributed by atoms with Crippen LogP contribution in [0.4, 0.5) is 0 Å². The normalized spacial score (nSPS) is 14.9. The van der Waals surface area contributed by atoms with Crippen LogP contribution in [0.15, 0.2) is 0 Å². The first-order valence-corrected chi connectivity index (χ1v) is 6.28. The lowest BCUT2D eigenvalue weighted by Crippen LogP contribution is -2.21. The molecule has 0 aliphatic heterocycles. The predicted molar refractivity (Wildman–Crippen MR) is 63.9 cm³/mol. The molecule has 1 aliphatic rings. The van der Waals surface area contributed by atoms with Gasteiger partial charge in [-0.2, -0.15) is 0 Å². The van der Waals surface area contributed by atoms with E-state index in [-0.39, 0.29) is 5.97 Å². The van der Waals surface area contributed by atoms with Crippen LogP contribution < -0.4 is 5.32 Å². The van der Waals surface area contributed by atoms with Crippen molar-refractivity contribution in [3.8, 4) is 0 Å². The van der Waals surface area contributed by atoms with Crippen molar-refractivity contribution in [2.75, 3.05) is 40.1 Å². The SMILES string of the molecule is COCCOCCCOC(=O)CCNC1CC1. The molecule has 5 heteroatoms. The molecule has 17 heavy (non-hydrogen) atoms. The van der Waals surface area contributed by atoms with Gasteiger partial charge in [0.05, 0.1) is 26.2 Å². The lowest BCUT2D eigenvalue weighted by atomic mass is 10.4. The van der Waals surface area contributed by atoms with E-state index in [1.807, 2.05) is 0 Å². The zero-order valence-corrected chi connectivity index (χ0v) is 10.6. The number of rotatable bonds is 11. The van der Waals surface area contributed by atoms with Crippen molar-refractivity contribution in [2.24, 2.45) is 0 Å². The third kappa shape index (κ3) is 9.09. The zero-order chi connectivity index (χ0) is 12.3. The van der Waals surface area contributed by atoms with E-state index in [4.69, 9.17) is 14.2 Å². The second-order valence-electron chi connectivity index (χ2n) is 4.16. The van der Waals surface area contributed by atoms with Crippen LogP contribution in [0.25, 0.3) is 0 Å². The summed E-state index contributed by atoms with van der Waals surface area (Å²) in [5.74, 6) is -0.130. The number of hydrogen-bond acceptors (Lipinski definition) is 5. The van der Waals surface area contributed by atoms with Crippen LogP contribution >= 0.6 is 0 Å². The summed E-state index contributed by atoms with van der Waals surface area (Å²) < 4.78 is 15.1. The highest BCUT2D eigenvalue weighted by atomic mass is 16.5. The third-order valence-corrected chi connectivity index (χ3v) is 2.47. The van der Waals surface area contributed by atoms with Crippen molar-refractivity contribution in [3.05, 3.63) is 0 Å². The Morgan fingerprint density at radius 3 is 2.76 bits per heavy atom. The molecule has 0 saturated heterocycles. The van der Waals surface area contributed by atoms with Crippen molar-refractivity contribution in [3.63, 3.8) is 0 Å². The molecule has 0 radical (unpaired) electrons. The van der Waals surface area contributed by atoms with Gasteiger partial charge in [0.25, 0.3) is 0 Å². The maximum absolute atomic E-state index is 11.3. The number of carbonyl (C=O) groups is 1. The molecular weight excluding hydrogens is 222 g/mol. The lowest BCUT2D eigenvalue weighted by molar-refractivity contribution is -0.143. The van der Waals surface area contributed by atoms with Gasteiger partial charge in [0.1, 0.15) is 0 Å². The molecule has 5 nitrogen and oxygen atoms in total. The molecular formula is C12H23NO4. The molecule has 0 atom stereocenters. The fourth-order valence-corrected chi connectivity index (χ4v) is 1.33. The summed E-state index contributed by atoms with van der Waals surface area (Å²) in [7, 11) is 1.64. The number of esters is 1. The van der Waals surface area contributed by atoms with Gasteiger partial charge >= 0.3 is 5.97 Å². The number of hydrogen-bond donors (Lipinski definition) is 1. The van der Waals surface area contributed by atoms with Crippen molar-refractivity contribution in [2.45, 2.75) is 31.7 Å². The Balaban J connectivity index is 1.76.